The van der Waals surface area contributed by atoms with Crippen LogP contribution in [0, 0.1) is 0 Å². The first-order valence-corrected chi connectivity index (χ1v) is 5.73. The summed E-state index contributed by atoms with van der Waals surface area (Å²) in [6, 6.07) is 0. The first-order valence-electron chi connectivity index (χ1n) is 5.20. The smallest absolute Gasteiger partial charge is 0.0593 e. The number of rotatable bonds is 10. The van der Waals surface area contributed by atoms with Crippen LogP contribution in [0.25, 0.3) is 0 Å². The van der Waals surface area contributed by atoms with Gasteiger partial charge in [-0.1, -0.05) is 6.92 Å². The summed E-state index contributed by atoms with van der Waals surface area (Å²) in [6.07, 6.45) is 1.08. The van der Waals surface area contributed by atoms with Gasteiger partial charge in [-0.25, -0.2) is 0 Å². The topological polar surface area (TPSA) is 21.7 Å². The highest BCUT2D eigenvalue weighted by molar-refractivity contribution is 6.18. The van der Waals surface area contributed by atoms with Gasteiger partial charge >= 0.3 is 0 Å². The molecule has 0 aliphatic heterocycles. The molecule has 0 heterocycles. The number of hydrogen-bond acceptors (Lipinski definition) is 3. The molecule has 0 aromatic heterocycles. The second-order valence-electron chi connectivity index (χ2n) is 3.14. The second kappa shape index (κ2) is 11.2. The highest BCUT2D eigenvalue weighted by Crippen LogP contribution is 1.91. The molecule has 0 N–H and O–H groups in total. The van der Waals surface area contributed by atoms with E-state index in [2.05, 4.69) is 11.8 Å². The molecule has 0 fully saturated rings. The van der Waals surface area contributed by atoms with E-state index in [9.17, 15) is 0 Å². The summed E-state index contributed by atoms with van der Waals surface area (Å²) in [5, 5.41) is 0. The van der Waals surface area contributed by atoms with Gasteiger partial charge in [0, 0.05) is 39.2 Å². The molecule has 86 valence electrons. The van der Waals surface area contributed by atoms with Crippen LogP contribution in [0.4, 0.5) is 0 Å². The van der Waals surface area contributed by atoms with E-state index in [1.165, 1.54) is 0 Å². The predicted octanol–water partition coefficient (Wildman–Crippen LogP) is 1.60. The van der Waals surface area contributed by atoms with E-state index in [-0.39, 0.29) is 0 Å². The minimum Gasteiger partial charge on any atom is -0.383 e. The molecule has 4 heteroatoms. The minimum absolute atomic E-state index is 0.664. The molecule has 0 aliphatic carbocycles. The van der Waals surface area contributed by atoms with Crippen molar-refractivity contribution in [3.8, 4) is 0 Å². The van der Waals surface area contributed by atoms with Crippen molar-refractivity contribution < 1.29 is 9.47 Å². The van der Waals surface area contributed by atoms with E-state index in [1.54, 1.807) is 7.11 Å². The van der Waals surface area contributed by atoms with Gasteiger partial charge in [0.2, 0.25) is 0 Å². The Bertz CT molecular complexity index is 114. The van der Waals surface area contributed by atoms with E-state index in [0.29, 0.717) is 5.88 Å². The van der Waals surface area contributed by atoms with Crippen molar-refractivity contribution in [3.05, 3.63) is 0 Å². The van der Waals surface area contributed by atoms with E-state index in [0.717, 1.165) is 45.9 Å². The number of alkyl halides is 1. The highest BCUT2D eigenvalue weighted by Gasteiger charge is 2.02. The Morgan fingerprint density at radius 3 is 2.36 bits per heavy atom. The Morgan fingerprint density at radius 1 is 1.07 bits per heavy atom. The third-order valence-electron chi connectivity index (χ3n) is 1.91. The minimum atomic E-state index is 0.664. The molecular formula is C10H22ClNO2. The molecule has 0 aliphatic rings. The van der Waals surface area contributed by atoms with Gasteiger partial charge in [0.05, 0.1) is 13.2 Å². The summed E-state index contributed by atoms with van der Waals surface area (Å²) < 4.78 is 10.4. The molecule has 0 amide bonds. The fourth-order valence-corrected chi connectivity index (χ4v) is 1.35. The average Bonchev–Trinajstić information content (AvgIpc) is 2.20. The second-order valence-corrected chi connectivity index (χ2v) is 3.51. The maximum Gasteiger partial charge on any atom is 0.0593 e. The van der Waals surface area contributed by atoms with Crippen molar-refractivity contribution in [1.29, 1.82) is 0 Å². The molecule has 0 atom stereocenters. The maximum absolute atomic E-state index is 5.69. The van der Waals surface area contributed by atoms with Crippen LogP contribution in [0.3, 0.4) is 0 Å². The van der Waals surface area contributed by atoms with Crippen molar-refractivity contribution in [1.82, 2.24) is 4.90 Å². The normalized spacial score (nSPS) is 11.1. The molecule has 0 aromatic carbocycles. The summed E-state index contributed by atoms with van der Waals surface area (Å²) in [7, 11) is 1.71. The van der Waals surface area contributed by atoms with Crippen molar-refractivity contribution in [3.63, 3.8) is 0 Å². The van der Waals surface area contributed by atoms with E-state index in [4.69, 9.17) is 21.1 Å². The van der Waals surface area contributed by atoms with Gasteiger partial charge in [0.15, 0.2) is 0 Å². The molecule has 0 rings (SSSR count). The van der Waals surface area contributed by atoms with Gasteiger partial charge in [-0.15, -0.1) is 11.6 Å². The summed E-state index contributed by atoms with van der Waals surface area (Å²) >= 11 is 5.69. The number of nitrogens with zero attached hydrogens (tertiary/aromatic N) is 1. The lowest BCUT2D eigenvalue weighted by atomic mass is 10.4. The molecule has 0 saturated heterocycles. The summed E-state index contributed by atoms with van der Waals surface area (Å²) in [4.78, 5) is 2.26. The Kier molecular flexibility index (Phi) is 11.4. The standard InChI is InChI=1S/C10H22ClNO2/c1-3-8-14-10-7-12(5-4-11)6-9-13-2/h3-10H2,1-2H3. The Labute approximate surface area is 92.3 Å². The number of halogens is 1. The van der Waals surface area contributed by atoms with Crippen molar-refractivity contribution >= 4 is 11.6 Å². The zero-order valence-electron chi connectivity index (χ0n) is 9.30. The SMILES string of the molecule is CCCOCCN(CCCl)CCOC. The van der Waals surface area contributed by atoms with Gasteiger partial charge in [0.1, 0.15) is 0 Å². The third-order valence-corrected chi connectivity index (χ3v) is 2.08. The van der Waals surface area contributed by atoms with Gasteiger partial charge in [-0.05, 0) is 6.42 Å². The zero-order chi connectivity index (χ0) is 10.6. The highest BCUT2D eigenvalue weighted by atomic mass is 35.5. The van der Waals surface area contributed by atoms with E-state index in [1.807, 2.05) is 0 Å². The van der Waals surface area contributed by atoms with Gasteiger partial charge in [-0.2, -0.15) is 0 Å². The lowest BCUT2D eigenvalue weighted by Gasteiger charge is -2.20. The van der Waals surface area contributed by atoms with Crippen LogP contribution in [0.2, 0.25) is 0 Å². The van der Waals surface area contributed by atoms with E-state index >= 15 is 0 Å². The van der Waals surface area contributed by atoms with Crippen LogP contribution in [-0.4, -0.2) is 57.3 Å². The summed E-state index contributed by atoms with van der Waals surface area (Å²) in [6.45, 7) is 7.27. The van der Waals surface area contributed by atoms with Crippen LogP contribution >= 0.6 is 11.6 Å². The van der Waals surface area contributed by atoms with Crippen molar-refractivity contribution in [2.75, 3.05) is 52.4 Å². The number of methoxy groups -OCH3 is 1. The molecule has 0 aromatic rings. The molecule has 0 saturated carbocycles. The lowest BCUT2D eigenvalue weighted by Crippen LogP contribution is -2.32. The molecule has 0 radical (unpaired) electrons. The van der Waals surface area contributed by atoms with Crippen LogP contribution in [0.15, 0.2) is 0 Å². The Morgan fingerprint density at radius 2 is 1.79 bits per heavy atom. The van der Waals surface area contributed by atoms with Crippen LogP contribution in [-0.2, 0) is 9.47 Å². The number of hydrogen-bond donors (Lipinski definition) is 0. The fourth-order valence-electron chi connectivity index (χ4n) is 1.12. The first kappa shape index (κ1) is 14.2. The average molecular weight is 224 g/mol. The number of ether oxygens (including phenoxy) is 2. The van der Waals surface area contributed by atoms with Gasteiger partial charge < -0.3 is 9.47 Å². The molecule has 0 unspecified atom stereocenters. The van der Waals surface area contributed by atoms with Gasteiger partial charge in [-0.3, -0.25) is 4.90 Å². The van der Waals surface area contributed by atoms with E-state index < -0.39 is 0 Å². The van der Waals surface area contributed by atoms with Crippen molar-refractivity contribution in [2.45, 2.75) is 13.3 Å². The molecule has 0 bridgehead atoms. The quantitative estimate of drug-likeness (QED) is 0.415. The van der Waals surface area contributed by atoms with Crippen LogP contribution < -0.4 is 0 Å². The third kappa shape index (κ3) is 8.75. The molecular weight excluding hydrogens is 202 g/mol. The monoisotopic (exact) mass is 223 g/mol. The first-order chi connectivity index (χ1) is 6.85. The van der Waals surface area contributed by atoms with Crippen molar-refractivity contribution in [2.24, 2.45) is 0 Å². The lowest BCUT2D eigenvalue weighted by molar-refractivity contribution is 0.0911. The summed E-state index contributed by atoms with van der Waals surface area (Å²) in [5.74, 6) is 0.664. The predicted molar refractivity (Wildman–Crippen MR) is 60.1 cm³/mol. The summed E-state index contributed by atoms with van der Waals surface area (Å²) in [5.41, 5.74) is 0. The Balaban J connectivity index is 3.40. The molecule has 3 nitrogen and oxygen atoms in total. The molecule has 14 heavy (non-hydrogen) atoms. The van der Waals surface area contributed by atoms with Crippen LogP contribution in [0.5, 0.6) is 0 Å². The zero-order valence-corrected chi connectivity index (χ0v) is 10.1. The molecule has 0 spiro atoms. The Hall–Kier alpha value is 0.170. The fraction of sp³-hybridized carbons (Fsp3) is 1.00. The maximum atomic E-state index is 5.69. The largest absolute Gasteiger partial charge is 0.383 e. The van der Waals surface area contributed by atoms with Gasteiger partial charge in [0.25, 0.3) is 0 Å². The van der Waals surface area contributed by atoms with Crippen LogP contribution in [0.1, 0.15) is 13.3 Å².